The van der Waals surface area contributed by atoms with E-state index in [1.165, 1.54) is 0 Å². The van der Waals surface area contributed by atoms with Gasteiger partial charge in [0.1, 0.15) is 5.75 Å². The molecule has 2 aliphatic heterocycles. The van der Waals surface area contributed by atoms with Gasteiger partial charge in [0.05, 0.1) is 44.9 Å². The van der Waals surface area contributed by atoms with Crippen molar-refractivity contribution >= 4 is 47.6 Å². The second-order valence-electron chi connectivity index (χ2n) is 11.6. The maximum atomic E-state index is 12.2. The van der Waals surface area contributed by atoms with Crippen molar-refractivity contribution in [3.05, 3.63) is 29.8 Å². The molecule has 2 saturated heterocycles. The van der Waals surface area contributed by atoms with Crippen molar-refractivity contribution in [2.45, 2.75) is 61.9 Å². The average molecular weight is 682 g/mol. The van der Waals surface area contributed by atoms with Crippen molar-refractivity contribution in [1.29, 1.82) is 0 Å². The van der Waals surface area contributed by atoms with Crippen molar-refractivity contribution in [2.75, 3.05) is 51.6 Å². The number of nitrogens with zero attached hydrogens (tertiary/aromatic N) is 2. The number of fused-ring (bicyclic) bond motifs is 1. The summed E-state index contributed by atoms with van der Waals surface area (Å²) in [6, 6.07) is 6.24. The Labute approximate surface area is 276 Å². The van der Waals surface area contributed by atoms with E-state index in [1.54, 1.807) is 24.3 Å². The van der Waals surface area contributed by atoms with Crippen LogP contribution in [0.3, 0.4) is 0 Å². The number of hydrogen-bond donors (Lipinski definition) is 7. The Kier molecular flexibility index (Phi) is 15.0. The molecule has 0 spiro atoms. The molecule has 47 heavy (non-hydrogen) atoms. The monoisotopic (exact) mass is 681 g/mol. The molecule has 1 aromatic rings. The van der Waals surface area contributed by atoms with E-state index in [0.29, 0.717) is 42.6 Å². The molecule has 2 aliphatic rings. The molecule has 2 heterocycles. The molecule has 7 N–H and O–H groups in total. The molecule has 1 aromatic carbocycles. The third-order valence-electron chi connectivity index (χ3n) is 7.77. The number of nitrogens with one attached hydrogen (secondary N) is 3. The summed E-state index contributed by atoms with van der Waals surface area (Å²) in [5.74, 6) is -3.69. The third kappa shape index (κ3) is 13.7. The second-order valence-corrected chi connectivity index (χ2v) is 12.8. The Morgan fingerprint density at radius 1 is 0.894 bits per heavy atom. The van der Waals surface area contributed by atoms with Crippen LogP contribution in [0.15, 0.2) is 24.3 Å². The number of rotatable bonds is 23. The summed E-state index contributed by atoms with van der Waals surface area (Å²) in [5, 5.41) is 46.3. The number of aliphatic carboxylic acids is 4. The van der Waals surface area contributed by atoms with E-state index in [1.807, 2.05) is 11.8 Å². The Bertz CT molecular complexity index is 1220. The summed E-state index contributed by atoms with van der Waals surface area (Å²) in [4.78, 5) is 71.5. The fourth-order valence-electron chi connectivity index (χ4n) is 5.68. The van der Waals surface area contributed by atoms with E-state index in [0.717, 1.165) is 34.8 Å². The number of carbonyl (C=O) groups excluding carboxylic acids is 2. The number of unbranched alkanes of at least 4 members (excludes halogenated alkanes) is 1. The number of benzene rings is 1. The molecule has 0 aromatic heterocycles. The minimum Gasteiger partial charge on any atom is -0.494 e. The van der Waals surface area contributed by atoms with E-state index < -0.39 is 56.1 Å². The molecule has 3 rings (SSSR count). The van der Waals surface area contributed by atoms with Gasteiger partial charge in [-0.2, -0.15) is 11.8 Å². The van der Waals surface area contributed by atoms with E-state index in [4.69, 9.17) is 4.74 Å². The molecule has 3 amide bonds. The summed E-state index contributed by atoms with van der Waals surface area (Å²) in [5.41, 5.74) is 0.678. The van der Waals surface area contributed by atoms with Crippen LogP contribution in [-0.2, 0) is 30.4 Å². The fraction of sp³-hybridized carbons (Fsp3) is 0.600. The zero-order valence-corrected chi connectivity index (χ0v) is 26.8. The Hall–Kier alpha value is -4.09. The van der Waals surface area contributed by atoms with Gasteiger partial charge < -0.3 is 41.1 Å². The molecule has 0 radical (unpaired) electrons. The topological polar surface area (TPSA) is 235 Å². The lowest BCUT2D eigenvalue weighted by molar-refractivity contribution is -0.146. The number of ether oxygens (including phenoxy) is 1. The lowest BCUT2D eigenvalue weighted by atomic mass is 10.0. The summed E-state index contributed by atoms with van der Waals surface area (Å²) < 4.78 is 5.76. The zero-order chi connectivity index (χ0) is 34.3. The molecule has 0 aliphatic carbocycles. The van der Waals surface area contributed by atoms with Gasteiger partial charge in [-0.05, 0) is 43.4 Å². The number of carbonyl (C=O) groups is 6. The maximum Gasteiger partial charge on any atom is 0.317 e. The summed E-state index contributed by atoms with van der Waals surface area (Å²) >= 11 is 1.86. The van der Waals surface area contributed by atoms with E-state index in [9.17, 15) is 49.2 Å². The fourth-order valence-corrected chi connectivity index (χ4v) is 7.23. The summed E-state index contributed by atoms with van der Waals surface area (Å²) in [6.45, 7) is -1.92. The molecular weight excluding hydrogens is 638 g/mol. The largest absolute Gasteiger partial charge is 0.494 e. The van der Waals surface area contributed by atoms with Gasteiger partial charge >= 0.3 is 29.9 Å². The first-order valence-corrected chi connectivity index (χ1v) is 16.4. The molecule has 260 valence electrons. The number of amides is 3. The van der Waals surface area contributed by atoms with Crippen LogP contribution >= 0.6 is 11.8 Å². The zero-order valence-electron chi connectivity index (χ0n) is 26.0. The summed E-state index contributed by atoms with van der Waals surface area (Å²) in [7, 11) is 0. The summed E-state index contributed by atoms with van der Waals surface area (Å²) in [6.07, 6.45) is 3.76. The van der Waals surface area contributed by atoms with Gasteiger partial charge in [-0.25, -0.2) is 4.79 Å². The number of hydrogen-bond acceptors (Lipinski definition) is 10. The highest BCUT2D eigenvalue weighted by atomic mass is 32.2. The van der Waals surface area contributed by atoms with Crippen molar-refractivity contribution in [3.63, 3.8) is 0 Å². The maximum absolute atomic E-state index is 12.2. The van der Waals surface area contributed by atoms with Crippen LogP contribution in [0.5, 0.6) is 5.75 Å². The van der Waals surface area contributed by atoms with Crippen molar-refractivity contribution in [3.8, 4) is 5.75 Å². The van der Waals surface area contributed by atoms with Gasteiger partial charge in [0.15, 0.2) is 0 Å². The second kappa shape index (κ2) is 18.9. The molecule has 17 heteroatoms. The molecule has 0 bridgehead atoms. The molecule has 4 atom stereocenters. The average Bonchev–Trinajstić information content (AvgIpc) is 3.53. The van der Waals surface area contributed by atoms with Gasteiger partial charge in [-0.15, -0.1) is 0 Å². The quantitative estimate of drug-likeness (QED) is 0.0602. The van der Waals surface area contributed by atoms with Gasteiger partial charge in [0.25, 0.3) is 0 Å². The van der Waals surface area contributed by atoms with E-state index in [-0.39, 0.29) is 37.0 Å². The number of carboxylic acids is 4. The highest BCUT2D eigenvalue weighted by Gasteiger charge is 2.42. The van der Waals surface area contributed by atoms with Gasteiger partial charge in [-0.1, -0.05) is 18.6 Å². The van der Waals surface area contributed by atoms with Crippen molar-refractivity contribution in [1.82, 2.24) is 25.8 Å². The van der Waals surface area contributed by atoms with Crippen molar-refractivity contribution in [2.24, 2.45) is 0 Å². The van der Waals surface area contributed by atoms with Crippen LogP contribution < -0.4 is 20.7 Å². The smallest absolute Gasteiger partial charge is 0.317 e. The van der Waals surface area contributed by atoms with Crippen LogP contribution in [0, 0.1) is 0 Å². The standard InChI is InChI=1S/C30H43N5O11S/c36-24(5-2-1-4-23-29-22(18-47-23)32-30(45)33-29)31-10-3-11-46-21-8-6-19(7-9-21)12-20(35(16-27(41)42)17-28(43)44)13-34(14-25(37)38)15-26(39)40/h6-9,20,22-23,29H,1-5,10-18H2,(H,31,36)(H,37,38)(H,39,40)(H,41,42)(H,43,44)(H2,32,33,45). The van der Waals surface area contributed by atoms with Crippen molar-refractivity contribution < 1.29 is 53.9 Å². The molecule has 4 unspecified atom stereocenters. The van der Waals surface area contributed by atoms with Gasteiger partial charge in [0, 0.05) is 36.6 Å². The Morgan fingerprint density at radius 3 is 2.15 bits per heavy atom. The SMILES string of the molecule is O=C(O)CN(CC(=O)O)CC(Cc1ccc(OCCCNC(=O)CCCCC2SCC3NC(=O)NC32)cc1)N(CC(=O)O)CC(=O)O. The Morgan fingerprint density at radius 2 is 1.53 bits per heavy atom. The van der Waals surface area contributed by atoms with Crippen LogP contribution in [0.1, 0.15) is 37.7 Å². The highest BCUT2D eigenvalue weighted by molar-refractivity contribution is 8.00. The minimum atomic E-state index is -1.28. The minimum absolute atomic E-state index is 0.0261. The third-order valence-corrected chi connectivity index (χ3v) is 9.28. The lowest BCUT2D eigenvalue weighted by Gasteiger charge is -2.33. The first kappa shape index (κ1) is 37.4. The normalized spacial score (nSPS) is 19.1. The van der Waals surface area contributed by atoms with Gasteiger partial charge in [-0.3, -0.25) is 33.8 Å². The van der Waals surface area contributed by atoms with E-state index in [2.05, 4.69) is 16.0 Å². The van der Waals surface area contributed by atoms with Crippen LogP contribution in [-0.4, -0.2) is 141 Å². The highest BCUT2D eigenvalue weighted by Crippen LogP contribution is 2.33. The molecule has 2 fully saturated rings. The predicted octanol–water partition coefficient (Wildman–Crippen LogP) is 0.151. The van der Waals surface area contributed by atoms with E-state index >= 15 is 0 Å². The number of carboxylic acid groups (broad SMARTS) is 4. The van der Waals surface area contributed by atoms with Crippen LogP contribution in [0.25, 0.3) is 0 Å². The van der Waals surface area contributed by atoms with Gasteiger partial charge in [0.2, 0.25) is 5.91 Å². The molecule has 16 nitrogen and oxygen atoms in total. The predicted molar refractivity (Wildman–Crippen MR) is 170 cm³/mol. The van der Waals surface area contributed by atoms with Crippen LogP contribution in [0.2, 0.25) is 0 Å². The molecular formula is C30H43N5O11S. The lowest BCUT2D eigenvalue weighted by Crippen LogP contribution is -2.50. The first-order valence-electron chi connectivity index (χ1n) is 15.4. The number of thioether (sulfide) groups is 1. The first-order chi connectivity index (χ1) is 22.4. The number of urea groups is 1. The molecule has 0 saturated carbocycles. The van der Waals surface area contributed by atoms with Crippen LogP contribution in [0.4, 0.5) is 4.79 Å². The Balaban J connectivity index is 1.41.